The SMILES string of the molecule is CCCOC(=O)C=Cc1cnn(C)c1. The lowest BCUT2D eigenvalue weighted by molar-refractivity contribution is -0.137. The number of ether oxygens (including phenoxy) is 1. The normalized spacial score (nSPS) is 10.7. The number of esters is 1. The third-order valence-corrected chi connectivity index (χ3v) is 1.59. The molecule has 76 valence electrons. The molecule has 0 saturated heterocycles. The first-order valence-corrected chi connectivity index (χ1v) is 4.56. The summed E-state index contributed by atoms with van der Waals surface area (Å²) in [5.41, 5.74) is 0.890. The molecule has 0 bridgehead atoms. The van der Waals surface area contributed by atoms with E-state index in [1.165, 1.54) is 6.08 Å². The molecule has 0 aliphatic heterocycles. The van der Waals surface area contributed by atoms with Crippen molar-refractivity contribution in [3.05, 3.63) is 24.0 Å². The first kappa shape index (κ1) is 10.5. The fraction of sp³-hybridized carbons (Fsp3) is 0.400. The highest BCUT2D eigenvalue weighted by Crippen LogP contribution is 1.99. The first-order chi connectivity index (χ1) is 6.72. The van der Waals surface area contributed by atoms with E-state index in [0.29, 0.717) is 6.61 Å². The van der Waals surface area contributed by atoms with Crippen molar-refractivity contribution in [3.63, 3.8) is 0 Å². The van der Waals surface area contributed by atoms with Gasteiger partial charge in [-0.15, -0.1) is 0 Å². The summed E-state index contributed by atoms with van der Waals surface area (Å²) in [6, 6.07) is 0. The highest BCUT2D eigenvalue weighted by molar-refractivity contribution is 5.86. The molecule has 0 amide bonds. The van der Waals surface area contributed by atoms with Gasteiger partial charge in [0.25, 0.3) is 0 Å². The van der Waals surface area contributed by atoms with E-state index in [0.717, 1.165) is 12.0 Å². The molecule has 0 N–H and O–H groups in total. The summed E-state index contributed by atoms with van der Waals surface area (Å²) >= 11 is 0. The van der Waals surface area contributed by atoms with Gasteiger partial charge in [0, 0.05) is 24.9 Å². The molecular formula is C10H14N2O2. The van der Waals surface area contributed by atoms with Gasteiger partial charge in [-0.25, -0.2) is 4.79 Å². The Morgan fingerprint density at radius 3 is 3.07 bits per heavy atom. The van der Waals surface area contributed by atoms with Crippen molar-refractivity contribution in [2.24, 2.45) is 7.05 Å². The quantitative estimate of drug-likeness (QED) is 0.537. The van der Waals surface area contributed by atoms with Crippen LogP contribution < -0.4 is 0 Å². The van der Waals surface area contributed by atoms with E-state index in [1.54, 1.807) is 17.0 Å². The number of aryl methyl sites for hydroxylation is 1. The Hall–Kier alpha value is -1.58. The van der Waals surface area contributed by atoms with Crippen LogP contribution in [0.5, 0.6) is 0 Å². The summed E-state index contributed by atoms with van der Waals surface area (Å²) in [4.78, 5) is 11.0. The number of aromatic nitrogens is 2. The molecule has 0 aliphatic carbocycles. The van der Waals surface area contributed by atoms with Crippen molar-refractivity contribution < 1.29 is 9.53 Å². The zero-order valence-electron chi connectivity index (χ0n) is 8.43. The summed E-state index contributed by atoms with van der Waals surface area (Å²) in [6.45, 7) is 2.42. The van der Waals surface area contributed by atoms with Crippen molar-refractivity contribution in [2.45, 2.75) is 13.3 Å². The number of hydrogen-bond acceptors (Lipinski definition) is 3. The second-order valence-electron chi connectivity index (χ2n) is 2.95. The van der Waals surface area contributed by atoms with Gasteiger partial charge in [-0.2, -0.15) is 5.10 Å². The average molecular weight is 194 g/mol. The van der Waals surface area contributed by atoms with Gasteiger partial charge in [-0.05, 0) is 12.5 Å². The maximum Gasteiger partial charge on any atom is 0.330 e. The Balaban J connectivity index is 2.43. The minimum Gasteiger partial charge on any atom is -0.463 e. The van der Waals surface area contributed by atoms with Gasteiger partial charge in [0.1, 0.15) is 0 Å². The van der Waals surface area contributed by atoms with Crippen LogP contribution in [0.15, 0.2) is 18.5 Å². The molecule has 0 atom stereocenters. The molecule has 1 aromatic rings. The van der Waals surface area contributed by atoms with Crippen molar-refractivity contribution in [2.75, 3.05) is 6.61 Å². The van der Waals surface area contributed by atoms with E-state index in [2.05, 4.69) is 5.10 Å². The molecule has 0 unspecified atom stereocenters. The van der Waals surface area contributed by atoms with Gasteiger partial charge in [0.15, 0.2) is 0 Å². The fourth-order valence-electron chi connectivity index (χ4n) is 0.941. The summed E-state index contributed by atoms with van der Waals surface area (Å²) in [7, 11) is 1.83. The van der Waals surface area contributed by atoms with Crippen LogP contribution in [0.1, 0.15) is 18.9 Å². The standard InChI is InChI=1S/C10H14N2O2/c1-3-6-14-10(13)5-4-9-7-11-12(2)8-9/h4-5,7-8H,3,6H2,1-2H3. The second kappa shape index (κ2) is 5.21. The molecule has 0 aliphatic rings. The Labute approximate surface area is 83.2 Å². The highest BCUT2D eigenvalue weighted by atomic mass is 16.5. The monoisotopic (exact) mass is 194 g/mol. The molecule has 4 nitrogen and oxygen atoms in total. The lowest BCUT2D eigenvalue weighted by Gasteiger charge is -1.96. The number of hydrogen-bond donors (Lipinski definition) is 0. The van der Waals surface area contributed by atoms with E-state index >= 15 is 0 Å². The van der Waals surface area contributed by atoms with E-state index in [1.807, 2.05) is 20.2 Å². The van der Waals surface area contributed by atoms with E-state index in [4.69, 9.17) is 4.74 Å². The van der Waals surface area contributed by atoms with E-state index < -0.39 is 0 Å². The highest BCUT2D eigenvalue weighted by Gasteiger charge is 1.95. The van der Waals surface area contributed by atoms with Crippen LogP contribution >= 0.6 is 0 Å². The number of nitrogens with zero attached hydrogens (tertiary/aromatic N) is 2. The largest absolute Gasteiger partial charge is 0.463 e. The van der Waals surface area contributed by atoms with Crippen LogP contribution in [0.2, 0.25) is 0 Å². The fourth-order valence-corrected chi connectivity index (χ4v) is 0.941. The summed E-state index contributed by atoms with van der Waals surface area (Å²) in [5.74, 6) is -0.310. The first-order valence-electron chi connectivity index (χ1n) is 4.56. The van der Waals surface area contributed by atoms with Gasteiger partial charge < -0.3 is 4.74 Å². The van der Waals surface area contributed by atoms with Crippen molar-refractivity contribution in [1.82, 2.24) is 9.78 Å². The van der Waals surface area contributed by atoms with Gasteiger partial charge in [0.05, 0.1) is 12.8 Å². The van der Waals surface area contributed by atoms with Gasteiger partial charge in [-0.3, -0.25) is 4.68 Å². The summed E-state index contributed by atoms with van der Waals surface area (Å²) in [6.07, 6.45) is 7.44. The Bertz CT molecular complexity index is 329. The van der Waals surface area contributed by atoms with Gasteiger partial charge in [-0.1, -0.05) is 6.92 Å². The van der Waals surface area contributed by atoms with Crippen LogP contribution in [0, 0.1) is 0 Å². The molecule has 0 fully saturated rings. The maximum absolute atomic E-state index is 11.0. The number of carbonyl (C=O) groups is 1. The van der Waals surface area contributed by atoms with E-state index in [-0.39, 0.29) is 5.97 Å². The number of carbonyl (C=O) groups excluding carboxylic acids is 1. The molecule has 0 spiro atoms. The minimum absolute atomic E-state index is 0.310. The lowest BCUT2D eigenvalue weighted by Crippen LogP contribution is -2.00. The molecule has 1 aromatic heterocycles. The molecule has 0 aromatic carbocycles. The third kappa shape index (κ3) is 3.43. The van der Waals surface area contributed by atoms with Crippen LogP contribution in [0.4, 0.5) is 0 Å². The minimum atomic E-state index is -0.310. The summed E-state index contributed by atoms with van der Waals surface area (Å²) < 4.78 is 6.54. The van der Waals surface area contributed by atoms with E-state index in [9.17, 15) is 4.79 Å². The Morgan fingerprint density at radius 2 is 2.50 bits per heavy atom. The zero-order valence-corrected chi connectivity index (χ0v) is 8.43. The molecule has 0 radical (unpaired) electrons. The Morgan fingerprint density at radius 1 is 1.71 bits per heavy atom. The van der Waals surface area contributed by atoms with Gasteiger partial charge in [0.2, 0.25) is 0 Å². The molecular weight excluding hydrogens is 180 g/mol. The summed E-state index contributed by atoms with van der Waals surface area (Å²) in [5, 5.41) is 3.97. The van der Waals surface area contributed by atoms with Crippen molar-refractivity contribution >= 4 is 12.0 Å². The average Bonchev–Trinajstić information content (AvgIpc) is 2.58. The topological polar surface area (TPSA) is 44.1 Å². The maximum atomic E-state index is 11.0. The molecule has 4 heteroatoms. The number of rotatable bonds is 4. The van der Waals surface area contributed by atoms with Gasteiger partial charge >= 0.3 is 5.97 Å². The van der Waals surface area contributed by atoms with Crippen LogP contribution in [0.25, 0.3) is 6.08 Å². The van der Waals surface area contributed by atoms with Crippen molar-refractivity contribution in [3.8, 4) is 0 Å². The third-order valence-electron chi connectivity index (χ3n) is 1.59. The predicted molar refractivity (Wildman–Crippen MR) is 53.5 cm³/mol. The Kier molecular flexibility index (Phi) is 3.91. The second-order valence-corrected chi connectivity index (χ2v) is 2.95. The van der Waals surface area contributed by atoms with Crippen LogP contribution in [-0.4, -0.2) is 22.4 Å². The van der Waals surface area contributed by atoms with Crippen LogP contribution in [-0.2, 0) is 16.6 Å². The molecule has 1 heterocycles. The van der Waals surface area contributed by atoms with Crippen LogP contribution in [0.3, 0.4) is 0 Å². The molecule has 14 heavy (non-hydrogen) atoms. The molecule has 0 saturated carbocycles. The zero-order chi connectivity index (χ0) is 10.4. The predicted octanol–water partition coefficient (Wildman–Crippen LogP) is 1.39. The lowest BCUT2D eigenvalue weighted by atomic mass is 10.3. The van der Waals surface area contributed by atoms with Crippen molar-refractivity contribution in [1.29, 1.82) is 0 Å². The molecule has 1 rings (SSSR count). The smallest absolute Gasteiger partial charge is 0.330 e.